The Labute approximate surface area is 158 Å². The van der Waals surface area contributed by atoms with Gasteiger partial charge in [0.1, 0.15) is 17.4 Å². The average molecular weight is 372 g/mol. The van der Waals surface area contributed by atoms with Crippen LogP contribution in [-0.4, -0.2) is 23.7 Å². The van der Waals surface area contributed by atoms with Crippen molar-refractivity contribution in [1.82, 2.24) is 5.32 Å². The molecule has 0 aliphatic rings. The Balaban J connectivity index is 2.41. The number of rotatable bonds is 6. The van der Waals surface area contributed by atoms with Crippen LogP contribution in [0.3, 0.4) is 0 Å². The summed E-state index contributed by atoms with van der Waals surface area (Å²) in [7, 11) is 1.52. The minimum absolute atomic E-state index is 0.406. The minimum Gasteiger partial charge on any atom is -0.497 e. The van der Waals surface area contributed by atoms with Crippen molar-refractivity contribution >= 4 is 6.09 Å². The zero-order valence-electron chi connectivity index (χ0n) is 15.8. The van der Waals surface area contributed by atoms with Crippen LogP contribution in [-0.2, 0) is 4.74 Å². The SMILES string of the molecule is COc1ccc([C@@H]([C@H](NC(=O)OC(C)(C)C)c2ccccc2)[N+](=O)[O-])cc1. The molecular formula is C20H24N2O5. The van der Waals surface area contributed by atoms with Gasteiger partial charge in [0.05, 0.1) is 7.11 Å². The maximum Gasteiger partial charge on any atom is 0.408 e. The van der Waals surface area contributed by atoms with Crippen molar-refractivity contribution < 1.29 is 19.2 Å². The number of methoxy groups -OCH3 is 1. The number of ether oxygens (including phenoxy) is 2. The lowest BCUT2D eigenvalue weighted by atomic mass is 9.94. The summed E-state index contributed by atoms with van der Waals surface area (Å²) < 4.78 is 10.4. The molecule has 7 heteroatoms. The fraction of sp³-hybridized carbons (Fsp3) is 0.350. The maximum absolute atomic E-state index is 12.3. The van der Waals surface area contributed by atoms with Gasteiger partial charge in [0.25, 0.3) is 6.04 Å². The third kappa shape index (κ3) is 5.70. The molecule has 2 aromatic carbocycles. The van der Waals surface area contributed by atoms with Gasteiger partial charge in [-0.15, -0.1) is 0 Å². The first-order valence-electron chi connectivity index (χ1n) is 8.53. The molecule has 0 aliphatic carbocycles. The number of nitrogens with zero attached hydrogens (tertiary/aromatic N) is 1. The largest absolute Gasteiger partial charge is 0.497 e. The first-order valence-corrected chi connectivity index (χ1v) is 8.53. The lowest BCUT2D eigenvalue weighted by Crippen LogP contribution is -2.39. The molecule has 2 rings (SSSR count). The highest BCUT2D eigenvalue weighted by Crippen LogP contribution is 2.33. The Morgan fingerprint density at radius 3 is 2.11 bits per heavy atom. The highest BCUT2D eigenvalue weighted by atomic mass is 16.6. The lowest BCUT2D eigenvalue weighted by Gasteiger charge is -2.26. The number of carbonyl (C=O) groups excluding carboxylic acids is 1. The Morgan fingerprint density at radius 2 is 1.63 bits per heavy atom. The number of carbonyl (C=O) groups is 1. The molecule has 144 valence electrons. The molecule has 2 aromatic rings. The molecule has 0 aliphatic heterocycles. The van der Waals surface area contributed by atoms with Gasteiger partial charge < -0.3 is 14.8 Å². The number of benzene rings is 2. The van der Waals surface area contributed by atoms with Gasteiger partial charge in [-0.2, -0.15) is 0 Å². The van der Waals surface area contributed by atoms with E-state index in [0.29, 0.717) is 16.9 Å². The van der Waals surface area contributed by atoms with Crippen LogP contribution in [0.1, 0.15) is 44.0 Å². The molecule has 0 spiro atoms. The number of nitrogens with one attached hydrogen (secondary N) is 1. The number of alkyl carbamates (subject to hydrolysis) is 1. The number of hydrogen-bond acceptors (Lipinski definition) is 5. The van der Waals surface area contributed by atoms with Crippen LogP contribution >= 0.6 is 0 Å². The van der Waals surface area contributed by atoms with Crippen LogP contribution in [0.15, 0.2) is 54.6 Å². The first-order chi connectivity index (χ1) is 12.7. The van der Waals surface area contributed by atoms with E-state index in [4.69, 9.17) is 9.47 Å². The van der Waals surface area contributed by atoms with Gasteiger partial charge in [-0.3, -0.25) is 10.1 Å². The first kappa shape index (κ1) is 20.2. The zero-order chi connectivity index (χ0) is 20.0. The molecule has 0 aromatic heterocycles. The van der Waals surface area contributed by atoms with Crippen molar-refractivity contribution in [3.05, 3.63) is 75.8 Å². The highest BCUT2D eigenvalue weighted by Gasteiger charge is 2.36. The fourth-order valence-corrected chi connectivity index (χ4v) is 2.68. The minimum atomic E-state index is -1.19. The molecule has 7 nitrogen and oxygen atoms in total. The van der Waals surface area contributed by atoms with Crippen LogP contribution < -0.4 is 10.1 Å². The Morgan fingerprint density at radius 1 is 1.04 bits per heavy atom. The van der Waals surface area contributed by atoms with Gasteiger partial charge in [0.15, 0.2) is 0 Å². The van der Waals surface area contributed by atoms with E-state index in [1.807, 2.05) is 6.07 Å². The maximum atomic E-state index is 12.3. The van der Waals surface area contributed by atoms with Crippen molar-refractivity contribution in [2.75, 3.05) is 7.11 Å². The second-order valence-corrected chi connectivity index (χ2v) is 7.04. The van der Waals surface area contributed by atoms with Gasteiger partial charge >= 0.3 is 6.09 Å². The molecule has 27 heavy (non-hydrogen) atoms. The summed E-state index contributed by atoms with van der Waals surface area (Å²) in [5, 5.41) is 14.6. The summed E-state index contributed by atoms with van der Waals surface area (Å²) in [4.78, 5) is 23.8. The van der Waals surface area contributed by atoms with Crippen molar-refractivity contribution in [2.45, 2.75) is 38.5 Å². The average Bonchev–Trinajstić information content (AvgIpc) is 2.60. The van der Waals surface area contributed by atoms with Crippen LogP contribution in [0.2, 0.25) is 0 Å². The Bertz CT molecular complexity index is 769. The summed E-state index contributed by atoms with van der Waals surface area (Å²) in [6, 6.07) is 13.3. The van der Waals surface area contributed by atoms with E-state index in [1.165, 1.54) is 7.11 Å². The van der Waals surface area contributed by atoms with Crippen molar-refractivity contribution in [1.29, 1.82) is 0 Å². The fourth-order valence-electron chi connectivity index (χ4n) is 2.68. The molecule has 0 saturated heterocycles. The summed E-state index contributed by atoms with van der Waals surface area (Å²) in [5.74, 6) is 0.595. The monoisotopic (exact) mass is 372 g/mol. The topological polar surface area (TPSA) is 90.7 Å². The summed E-state index contributed by atoms with van der Waals surface area (Å²) >= 11 is 0. The summed E-state index contributed by atoms with van der Waals surface area (Å²) in [6.45, 7) is 5.20. The van der Waals surface area contributed by atoms with Gasteiger partial charge in [-0.1, -0.05) is 30.3 Å². The Hall–Kier alpha value is -3.09. The molecule has 0 unspecified atom stereocenters. The third-order valence-electron chi connectivity index (χ3n) is 3.83. The standard InChI is InChI=1S/C20H24N2O5/c1-20(2,3)27-19(23)21-17(14-8-6-5-7-9-14)18(22(24)25)15-10-12-16(26-4)13-11-15/h5-13,17-18H,1-4H3,(H,21,23)/t17-,18+/m1/s1. The van der Waals surface area contributed by atoms with E-state index in [2.05, 4.69) is 5.32 Å². The molecule has 0 saturated carbocycles. The van der Waals surface area contributed by atoms with Crippen LogP contribution in [0.4, 0.5) is 4.79 Å². The van der Waals surface area contributed by atoms with E-state index in [9.17, 15) is 14.9 Å². The van der Waals surface area contributed by atoms with Crippen LogP contribution in [0.5, 0.6) is 5.75 Å². The second kappa shape index (κ2) is 8.53. The van der Waals surface area contributed by atoms with E-state index in [0.717, 1.165) is 0 Å². The van der Waals surface area contributed by atoms with E-state index < -0.39 is 28.7 Å². The quantitative estimate of drug-likeness (QED) is 0.604. The molecule has 2 atom stereocenters. The lowest BCUT2D eigenvalue weighted by molar-refractivity contribution is -0.534. The van der Waals surface area contributed by atoms with Gasteiger partial charge in [0, 0.05) is 10.5 Å². The normalized spacial score (nSPS) is 13.3. The van der Waals surface area contributed by atoms with Gasteiger partial charge in [-0.25, -0.2) is 4.79 Å². The molecule has 1 amide bonds. The predicted molar refractivity (Wildman–Crippen MR) is 101 cm³/mol. The molecule has 0 heterocycles. The Kier molecular flexibility index (Phi) is 6.39. The summed E-state index contributed by atoms with van der Waals surface area (Å²) in [6.07, 6.45) is -0.711. The number of nitro groups is 1. The second-order valence-electron chi connectivity index (χ2n) is 7.04. The molecular weight excluding hydrogens is 348 g/mol. The van der Waals surface area contributed by atoms with Gasteiger partial charge in [-0.05, 0) is 50.6 Å². The van der Waals surface area contributed by atoms with Crippen molar-refractivity contribution in [3.8, 4) is 5.75 Å². The summed E-state index contributed by atoms with van der Waals surface area (Å²) in [5.41, 5.74) is 0.349. The van der Waals surface area contributed by atoms with E-state index >= 15 is 0 Å². The van der Waals surface area contributed by atoms with E-state index in [-0.39, 0.29) is 0 Å². The highest BCUT2D eigenvalue weighted by molar-refractivity contribution is 5.68. The molecule has 0 radical (unpaired) electrons. The molecule has 1 N–H and O–H groups in total. The van der Waals surface area contributed by atoms with Gasteiger partial charge in [0.2, 0.25) is 0 Å². The van der Waals surface area contributed by atoms with Crippen molar-refractivity contribution in [2.24, 2.45) is 0 Å². The smallest absolute Gasteiger partial charge is 0.408 e. The predicted octanol–water partition coefficient (Wildman–Crippen LogP) is 4.28. The van der Waals surface area contributed by atoms with E-state index in [1.54, 1.807) is 69.3 Å². The van der Waals surface area contributed by atoms with Crippen LogP contribution in [0.25, 0.3) is 0 Å². The molecule has 0 bridgehead atoms. The number of amides is 1. The molecule has 0 fully saturated rings. The third-order valence-corrected chi connectivity index (χ3v) is 3.83. The van der Waals surface area contributed by atoms with Crippen molar-refractivity contribution in [3.63, 3.8) is 0 Å². The zero-order valence-corrected chi connectivity index (χ0v) is 15.8. The number of hydrogen-bond donors (Lipinski definition) is 1. The van der Waals surface area contributed by atoms with Crippen LogP contribution in [0, 0.1) is 10.1 Å².